The van der Waals surface area contributed by atoms with E-state index in [0.29, 0.717) is 6.61 Å². The Morgan fingerprint density at radius 1 is 1.23 bits per heavy atom. The normalized spacial score (nSPS) is 37.3. The summed E-state index contributed by atoms with van der Waals surface area (Å²) in [5.74, 6) is -0.301. The first-order valence-electron chi connectivity index (χ1n) is 9.28. The molecule has 0 aliphatic carbocycles. The highest BCUT2D eigenvalue weighted by molar-refractivity contribution is 5.98. The molecule has 4 heterocycles. The van der Waals surface area contributed by atoms with Gasteiger partial charge in [-0.05, 0) is 11.6 Å². The van der Waals surface area contributed by atoms with Gasteiger partial charge in [0.1, 0.15) is 0 Å². The van der Waals surface area contributed by atoms with Gasteiger partial charge in [-0.25, -0.2) is 0 Å². The predicted octanol–water partition coefficient (Wildman–Crippen LogP) is 2.44. The topological polar surface area (TPSA) is 55.8 Å². The molecule has 4 aliphatic heterocycles. The van der Waals surface area contributed by atoms with Crippen LogP contribution in [0.1, 0.15) is 26.3 Å². The van der Waals surface area contributed by atoms with Gasteiger partial charge in [0.05, 0.1) is 30.7 Å². The molecule has 0 radical (unpaired) electrons. The van der Waals surface area contributed by atoms with E-state index in [2.05, 4.69) is 23.1 Å². The lowest BCUT2D eigenvalue weighted by Crippen LogP contribution is -2.51. The molecular weight excluding hydrogens is 330 g/mol. The van der Waals surface area contributed by atoms with Crippen LogP contribution in [-0.4, -0.2) is 42.7 Å². The molecule has 1 aromatic rings. The molecule has 6 atom stereocenters. The minimum Gasteiger partial charge on any atom is -0.353 e. The van der Waals surface area contributed by atoms with Crippen molar-refractivity contribution in [2.24, 2.45) is 17.3 Å². The van der Waals surface area contributed by atoms with Crippen LogP contribution in [-0.2, 0) is 19.1 Å². The fourth-order valence-electron chi connectivity index (χ4n) is 5.02. The molecule has 2 bridgehead atoms. The van der Waals surface area contributed by atoms with E-state index in [9.17, 15) is 9.59 Å². The predicted molar refractivity (Wildman–Crippen MR) is 96.6 cm³/mol. The van der Waals surface area contributed by atoms with Crippen molar-refractivity contribution in [1.29, 1.82) is 0 Å². The molecule has 5 rings (SSSR count). The van der Waals surface area contributed by atoms with Gasteiger partial charge in [-0.3, -0.25) is 9.59 Å². The van der Waals surface area contributed by atoms with Crippen LogP contribution in [0.3, 0.4) is 0 Å². The van der Waals surface area contributed by atoms with E-state index < -0.39 is 11.7 Å². The van der Waals surface area contributed by atoms with Crippen LogP contribution >= 0.6 is 0 Å². The summed E-state index contributed by atoms with van der Waals surface area (Å²) in [6.07, 6.45) is 3.18. The summed E-state index contributed by atoms with van der Waals surface area (Å²) < 4.78 is 11.4. The SMILES string of the molecule is CC(C)(C)C(=O)[C@@H]1[C@H]2C3COC(O3)C(=O)[C@@H]2[C@H]2C=Cc3ccccc3N21. The number of carbonyl (C=O) groups excluding carboxylic acids is 2. The Kier molecular flexibility index (Phi) is 3.29. The van der Waals surface area contributed by atoms with Gasteiger partial charge < -0.3 is 14.4 Å². The number of para-hydroxylation sites is 1. The van der Waals surface area contributed by atoms with Crippen molar-refractivity contribution in [1.82, 2.24) is 0 Å². The third kappa shape index (κ3) is 2.04. The van der Waals surface area contributed by atoms with Crippen LogP contribution < -0.4 is 4.90 Å². The fraction of sp³-hybridized carbons (Fsp3) is 0.524. The quantitative estimate of drug-likeness (QED) is 0.776. The number of rotatable bonds is 1. The van der Waals surface area contributed by atoms with E-state index >= 15 is 0 Å². The lowest BCUT2D eigenvalue weighted by atomic mass is 9.74. The summed E-state index contributed by atoms with van der Waals surface area (Å²) >= 11 is 0. The van der Waals surface area contributed by atoms with Crippen molar-refractivity contribution in [3.05, 3.63) is 35.9 Å². The maximum atomic E-state index is 13.5. The van der Waals surface area contributed by atoms with Crippen molar-refractivity contribution < 1.29 is 19.1 Å². The average molecular weight is 353 g/mol. The zero-order chi connectivity index (χ0) is 18.2. The lowest BCUT2D eigenvalue weighted by molar-refractivity contribution is -0.164. The van der Waals surface area contributed by atoms with Crippen molar-refractivity contribution in [2.45, 2.75) is 45.2 Å². The molecule has 3 saturated heterocycles. The van der Waals surface area contributed by atoms with E-state index in [4.69, 9.17) is 9.47 Å². The Labute approximate surface area is 153 Å². The van der Waals surface area contributed by atoms with Gasteiger partial charge in [0.25, 0.3) is 0 Å². The van der Waals surface area contributed by atoms with Gasteiger partial charge >= 0.3 is 0 Å². The van der Waals surface area contributed by atoms with Crippen LogP contribution in [0.4, 0.5) is 5.69 Å². The van der Waals surface area contributed by atoms with Gasteiger partial charge in [-0.2, -0.15) is 0 Å². The highest BCUT2D eigenvalue weighted by Crippen LogP contribution is 2.51. The number of benzene rings is 1. The maximum absolute atomic E-state index is 13.5. The van der Waals surface area contributed by atoms with E-state index in [-0.39, 0.29) is 41.6 Å². The molecule has 5 heteroatoms. The van der Waals surface area contributed by atoms with Gasteiger partial charge in [0.15, 0.2) is 11.6 Å². The monoisotopic (exact) mass is 353 g/mol. The number of Topliss-reactive ketones (excluding diaryl/α,β-unsaturated/α-hetero) is 2. The number of nitrogens with zero attached hydrogens (tertiary/aromatic N) is 1. The van der Waals surface area contributed by atoms with Crippen LogP contribution in [0.2, 0.25) is 0 Å². The first-order valence-corrected chi connectivity index (χ1v) is 9.28. The van der Waals surface area contributed by atoms with E-state index in [1.165, 1.54) is 0 Å². The van der Waals surface area contributed by atoms with Crippen LogP contribution in [0, 0.1) is 17.3 Å². The lowest BCUT2D eigenvalue weighted by Gasteiger charge is -2.38. The van der Waals surface area contributed by atoms with E-state index in [1.807, 2.05) is 39.0 Å². The van der Waals surface area contributed by atoms with Gasteiger partial charge in [0, 0.05) is 17.0 Å². The summed E-state index contributed by atoms with van der Waals surface area (Å²) in [6, 6.07) is 7.59. The molecule has 0 aromatic heterocycles. The highest BCUT2D eigenvalue weighted by atomic mass is 16.7. The van der Waals surface area contributed by atoms with Gasteiger partial charge in [0.2, 0.25) is 6.29 Å². The fourth-order valence-corrected chi connectivity index (χ4v) is 5.02. The molecular formula is C21H23NO4. The number of anilines is 1. The van der Waals surface area contributed by atoms with Crippen LogP contribution in [0.15, 0.2) is 30.3 Å². The molecule has 0 amide bonds. The Morgan fingerprint density at radius 3 is 2.77 bits per heavy atom. The molecule has 0 N–H and O–H groups in total. The zero-order valence-electron chi connectivity index (χ0n) is 15.2. The summed E-state index contributed by atoms with van der Waals surface area (Å²) in [5.41, 5.74) is 1.62. The van der Waals surface area contributed by atoms with Crippen molar-refractivity contribution >= 4 is 23.3 Å². The Hall–Kier alpha value is -1.98. The summed E-state index contributed by atoms with van der Waals surface area (Å²) in [4.78, 5) is 28.7. The van der Waals surface area contributed by atoms with E-state index in [1.54, 1.807) is 0 Å². The third-order valence-corrected chi connectivity index (χ3v) is 6.16. The van der Waals surface area contributed by atoms with Crippen LogP contribution in [0.25, 0.3) is 6.08 Å². The van der Waals surface area contributed by atoms with Crippen molar-refractivity contribution in [2.75, 3.05) is 11.5 Å². The number of hydrogen-bond acceptors (Lipinski definition) is 5. The minimum atomic E-state index is -0.767. The second-order valence-corrected chi connectivity index (χ2v) is 8.72. The molecule has 5 nitrogen and oxygen atoms in total. The Balaban J connectivity index is 1.69. The Morgan fingerprint density at radius 2 is 2.00 bits per heavy atom. The molecule has 2 unspecified atom stereocenters. The first kappa shape index (κ1) is 16.2. The molecule has 0 saturated carbocycles. The maximum Gasteiger partial charge on any atom is 0.218 e. The summed E-state index contributed by atoms with van der Waals surface area (Å²) in [6.45, 7) is 6.23. The minimum absolute atomic E-state index is 0.0213. The number of ether oxygens (including phenoxy) is 2. The summed E-state index contributed by atoms with van der Waals surface area (Å²) in [7, 11) is 0. The summed E-state index contributed by atoms with van der Waals surface area (Å²) in [5, 5.41) is 0. The van der Waals surface area contributed by atoms with Crippen molar-refractivity contribution in [3.8, 4) is 0 Å². The molecule has 4 aliphatic rings. The standard InChI is InChI=1S/C21H23NO4/c1-21(2,3)19(24)17-16-14-10-25-20(26-14)18(23)15(16)13-9-8-11-6-4-5-7-12(11)22(13)17/h4-9,13-17,20H,10H2,1-3H3/t13-,14?,15-,16+,17+,20?/m1/s1. The molecule has 1 aromatic carbocycles. The molecule has 26 heavy (non-hydrogen) atoms. The number of hydrogen-bond donors (Lipinski definition) is 0. The van der Waals surface area contributed by atoms with Gasteiger partial charge in [-0.1, -0.05) is 51.1 Å². The number of fused-ring (bicyclic) bond motifs is 8. The van der Waals surface area contributed by atoms with Crippen molar-refractivity contribution in [3.63, 3.8) is 0 Å². The second kappa shape index (κ2) is 5.27. The zero-order valence-corrected chi connectivity index (χ0v) is 15.2. The molecule has 3 fully saturated rings. The Bertz CT molecular complexity index is 824. The van der Waals surface area contributed by atoms with Gasteiger partial charge in [-0.15, -0.1) is 0 Å². The highest BCUT2D eigenvalue weighted by Gasteiger charge is 2.64. The first-order chi connectivity index (χ1) is 12.4. The van der Waals surface area contributed by atoms with E-state index in [0.717, 1.165) is 11.3 Å². The molecule has 0 spiro atoms. The van der Waals surface area contributed by atoms with Crippen LogP contribution in [0.5, 0.6) is 0 Å². The molecule has 136 valence electrons. The third-order valence-electron chi connectivity index (χ3n) is 6.16. The number of ketones is 2. The average Bonchev–Trinajstić information content (AvgIpc) is 3.19. The largest absolute Gasteiger partial charge is 0.353 e. The number of carbonyl (C=O) groups is 2. The smallest absolute Gasteiger partial charge is 0.218 e. The second-order valence-electron chi connectivity index (χ2n) is 8.72.